The van der Waals surface area contributed by atoms with E-state index in [0.717, 1.165) is 37.2 Å². The lowest BCUT2D eigenvalue weighted by atomic mass is 9.76. The van der Waals surface area contributed by atoms with Crippen LogP contribution >= 0.6 is 0 Å². The van der Waals surface area contributed by atoms with Crippen molar-refractivity contribution >= 4 is 0 Å². The van der Waals surface area contributed by atoms with Crippen LogP contribution in [0.3, 0.4) is 0 Å². The molecule has 0 radical (unpaired) electrons. The molecule has 0 amide bonds. The SMILES string of the molecule is CCOc1cncc(C2(O)CCNCC2CC)c1. The maximum atomic E-state index is 11.0. The molecule has 1 aliphatic rings. The molecule has 2 atom stereocenters. The molecule has 0 saturated carbocycles. The summed E-state index contributed by atoms with van der Waals surface area (Å²) in [5.74, 6) is 0.960. The van der Waals surface area contributed by atoms with E-state index in [0.29, 0.717) is 6.61 Å². The largest absolute Gasteiger partial charge is 0.492 e. The second kappa shape index (κ2) is 5.67. The number of piperidine rings is 1. The molecule has 0 aromatic carbocycles. The minimum absolute atomic E-state index is 0.227. The van der Waals surface area contributed by atoms with Gasteiger partial charge in [-0.05, 0) is 32.4 Å². The van der Waals surface area contributed by atoms with Crippen molar-refractivity contribution in [1.29, 1.82) is 0 Å². The van der Waals surface area contributed by atoms with Gasteiger partial charge < -0.3 is 15.2 Å². The fraction of sp³-hybridized carbons (Fsp3) is 0.643. The van der Waals surface area contributed by atoms with Gasteiger partial charge in [-0.15, -0.1) is 0 Å². The van der Waals surface area contributed by atoms with Crippen LogP contribution in [0.1, 0.15) is 32.3 Å². The van der Waals surface area contributed by atoms with Crippen molar-refractivity contribution in [3.05, 3.63) is 24.0 Å². The quantitative estimate of drug-likeness (QED) is 0.854. The highest BCUT2D eigenvalue weighted by Gasteiger charge is 2.39. The van der Waals surface area contributed by atoms with Gasteiger partial charge in [-0.2, -0.15) is 0 Å². The highest BCUT2D eigenvalue weighted by Crippen LogP contribution is 2.37. The van der Waals surface area contributed by atoms with Crippen molar-refractivity contribution < 1.29 is 9.84 Å². The van der Waals surface area contributed by atoms with Gasteiger partial charge in [-0.3, -0.25) is 4.98 Å². The van der Waals surface area contributed by atoms with E-state index in [1.54, 1.807) is 12.4 Å². The third-order valence-electron chi connectivity index (χ3n) is 3.77. The van der Waals surface area contributed by atoms with Crippen LogP contribution in [0.5, 0.6) is 5.75 Å². The number of aliphatic hydroxyl groups is 1. The molecule has 4 nitrogen and oxygen atoms in total. The second-order valence-electron chi connectivity index (χ2n) is 4.83. The topological polar surface area (TPSA) is 54.4 Å². The molecule has 1 aromatic heterocycles. The lowest BCUT2D eigenvalue weighted by Crippen LogP contribution is -2.47. The van der Waals surface area contributed by atoms with Gasteiger partial charge in [0.15, 0.2) is 0 Å². The van der Waals surface area contributed by atoms with Crippen LogP contribution in [0.15, 0.2) is 18.5 Å². The molecule has 0 aliphatic carbocycles. The van der Waals surface area contributed by atoms with E-state index >= 15 is 0 Å². The van der Waals surface area contributed by atoms with Crippen molar-refractivity contribution in [1.82, 2.24) is 10.3 Å². The average Bonchev–Trinajstić information content (AvgIpc) is 2.40. The molecule has 1 saturated heterocycles. The number of pyridine rings is 1. The smallest absolute Gasteiger partial charge is 0.137 e. The molecule has 0 spiro atoms. The van der Waals surface area contributed by atoms with Crippen LogP contribution in [0.4, 0.5) is 0 Å². The number of hydrogen-bond donors (Lipinski definition) is 2. The molecule has 100 valence electrons. The lowest BCUT2D eigenvalue weighted by Gasteiger charge is -2.40. The summed E-state index contributed by atoms with van der Waals surface area (Å²) in [6.07, 6.45) is 5.13. The van der Waals surface area contributed by atoms with E-state index in [1.807, 2.05) is 13.0 Å². The molecule has 0 bridgehead atoms. The average molecular weight is 250 g/mol. The van der Waals surface area contributed by atoms with E-state index in [4.69, 9.17) is 4.74 Å². The standard InChI is InChI=1S/C14H22N2O2/c1-3-11-8-15-6-5-14(11,17)12-7-13(18-4-2)10-16-9-12/h7,9-11,15,17H,3-6,8H2,1-2H3. The van der Waals surface area contributed by atoms with Crippen LogP contribution in [-0.2, 0) is 5.60 Å². The Labute approximate surface area is 108 Å². The fourth-order valence-corrected chi connectivity index (χ4v) is 2.69. The first-order valence-electron chi connectivity index (χ1n) is 6.72. The Hall–Kier alpha value is -1.13. The first-order valence-corrected chi connectivity index (χ1v) is 6.72. The van der Waals surface area contributed by atoms with E-state index in [2.05, 4.69) is 17.2 Å². The molecule has 1 aliphatic heterocycles. The Morgan fingerprint density at radius 1 is 1.50 bits per heavy atom. The van der Waals surface area contributed by atoms with Crippen molar-refractivity contribution in [2.45, 2.75) is 32.3 Å². The van der Waals surface area contributed by atoms with Gasteiger partial charge in [0, 0.05) is 24.2 Å². The third kappa shape index (κ3) is 2.49. The van der Waals surface area contributed by atoms with Crippen molar-refractivity contribution in [2.75, 3.05) is 19.7 Å². The predicted molar refractivity (Wildman–Crippen MR) is 70.6 cm³/mol. The molecular formula is C14H22N2O2. The zero-order chi connectivity index (χ0) is 13.0. The summed E-state index contributed by atoms with van der Waals surface area (Å²) in [5.41, 5.74) is 0.0990. The number of ether oxygens (including phenoxy) is 1. The summed E-state index contributed by atoms with van der Waals surface area (Å²) >= 11 is 0. The minimum atomic E-state index is -0.778. The molecule has 2 N–H and O–H groups in total. The fourth-order valence-electron chi connectivity index (χ4n) is 2.69. The van der Waals surface area contributed by atoms with E-state index in [9.17, 15) is 5.11 Å². The normalized spacial score (nSPS) is 28.1. The summed E-state index contributed by atoms with van der Waals surface area (Å²) in [4.78, 5) is 4.19. The van der Waals surface area contributed by atoms with Crippen molar-refractivity contribution in [3.8, 4) is 5.75 Å². The van der Waals surface area contributed by atoms with Gasteiger partial charge in [-0.25, -0.2) is 0 Å². The Kier molecular flexibility index (Phi) is 4.19. The Balaban J connectivity index is 2.29. The van der Waals surface area contributed by atoms with E-state index < -0.39 is 5.60 Å². The maximum absolute atomic E-state index is 11.0. The van der Waals surface area contributed by atoms with Gasteiger partial charge in [-0.1, -0.05) is 6.92 Å². The molecule has 4 heteroatoms. The number of rotatable bonds is 4. The summed E-state index contributed by atoms with van der Waals surface area (Å²) in [6.45, 7) is 6.36. The number of hydrogen-bond acceptors (Lipinski definition) is 4. The second-order valence-corrected chi connectivity index (χ2v) is 4.83. The van der Waals surface area contributed by atoms with Crippen LogP contribution in [0.2, 0.25) is 0 Å². The number of nitrogens with zero attached hydrogens (tertiary/aromatic N) is 1. The first-order chi connectivity index (χ1) is 8.70. The molecule has 2 heterocycles. The monoisotopic (exact) mass is 250 g/mol. The summed E-state index contributed by atoms with van der Waals surface area (Å²) in [6, 6.07) is 1.92. The van der Waals surface area contributed by atoms with E-state index in [1.165, 1.54) is 0 Å². The highest BCUT2D eigenvalue weighted by molar-refractivity contribution is 5.29. The van der Waals surface area contributed by atoms with Crippen LogP contribution in [0.25, 0.3) is 0 Å². The zero-order valence-corrected chi connectivity index (χ0v) is 11.1. The van der Waals surface area contributed by atoms with Crippen LogP contribution in [0, 0.1) is 5.92 Å². The zero-order valence-electron chi connectivity index (χ0n) is 11.1. The maximum Gasteiger partial charge on any atom is 0.137 e. The molecule has 1 fully saturated rings. The summed E-state index contributed by atoms with van der Waals surface area (Å²) in [5, 5.41) is 14.3. The van der Waals surface area contributed by atoms with E-state index in [-0.39, 0.29) is 5.92 Å². The number of nitrogens with one attached hydrogen (secondary N) is 1. The van der Waals surface area contributed by atoms with Gasteiger partial charge >= 0.3 is 0 Å². The molecule has 2 unspecified atom stereocenters. The molecular weight excluding hydrogens is 228 g/mol. The van der Waals surface area contributed by atoms with Gasteiger partial charge in [0.05, 0.1) is 18.4 Å². The molecule has 18 heavy (non-hydrogen) atoms. The lowest BCUT2D eigenvalue weighted by molar-refractivity contribution is -0.0482. The molecule has 1 aromatic rings. The highest BCUT2D eigenvalue weighted by atomic mass is 16.5. The first kappa shape index (κ1) is 13.3. The minimum Gasteiger partial charge on any atom is -0.492 e. The van der Waals surface area contributed by atoms with Gasteiger partial charge in [0.1, 0.15) is 5.75 Å². The van der Waals surface area contributed by atoms with Crippen molar-refractivity contribution in [2.24, 2.45) is 5.92 Å². The third-order valence-corrected chi connectivity index (χ3v) is 3.77. The summed E-state index contributed by atoms with van der Waals surface area (Å²) < 4.78 is 5.46. The number of aromatic nitrogens is 1. The molecule has 2 rings (SSSR count). The Bertz CT molecular complexity index is 397. The van der Waals surface area contributed by atoms with Crippen LogP contribution in [-0.4, -0.2) is 29.8 Å². The summed E-state index contributed by atoms with van der Waals surface area (Å²) in [7, 11) is 0. The Morgan fingerprint density at radius 3 is 3.06 bits per heavy atom. The predicted octanol–water partition coefficient (Wildman–Crippen LogP) is 1.69. The Morgan fingerprint density at radius 2 is 2.33 bits per heavy atom. The van der Waals surface area contributed by atoms with Crippen molar-refractivity contribution in [3.63, 3.8) is 0 Å². The van der Waals surface area contributed by atoms with Crippen LogP contribution < -0.4 is 10.1 Å². The van der Waals surface area contributed by atoms with Gasteiger partial charge in [0.2, 0.25) is 0 Å². The van der Waals surface area contributed by atoms with Gasteiger partial charge in [0.25, 0.3) is 0 Å².